The Labute approximate surface area is 157 Å². The molecule has 8 nitrogen and oxygen atoms in total. The van der Waals surface area contributed by atoms with E-state index >= 15 is 0 Å². The minimum Gasteiger partial charge on any atom is -0.383 e. The number of halogens is 1. The van der Waals surface area contributed by atoms with Crippen molar-refractivity contribution < 1.29 is 27.1 Å². The number of carbonyl (C=O) groups excluding carboxylic acids is 2. The predicted molar refractivity (Wildman–Crippen MR) is 93.7 cm³/mol. The van der Waals surface area contributed by atoms with E-state index in [9.17, 15) is 22.4 Å². The second-order valence-electron chi connectivity index (χ2n) is 6.55. The molecule has 2 heterocycles. The third-order valence-electron chi connectivity index (χ3n) is 5.00. The molecule has 2 amide bonds. The Kier molecular flexibility index (Phi) is 5.50. The first-order chi connectivity index (χ1) is 12.8. The molecule has 3 rings (SSSR count). The number of nitrogens with zero attached hydrogens (tertiary/aromatic N) is 3. The molecule has 2 aliphatic rings. The van der Waals surface area contributed by atoms with Crippen LogP contribution in [0.2, 0.25) is 0 Å². The lowest BCUT2D eigenvalue weighted by Crippen LogP contribution is -2.69. The molecule has 0 radical (unpaired) electrons. The monoisotopic (exact) mass is 399 g/mol. The first-order valence-electron chi connectivity index (χ1n) is 8.63. The van der Waals surface area contributed by atoms with Gasteiger partial charge in [-0.1, -0.05) is 12.1 Å². The Balaban J connectivity index is 1.91. The molecule has 10 heteroatoms. The number of methoxy groups -OCH3 is 1. The molecule has 0 bridgehead atoms. The highest BCUT2D eigenvalue weighted by atomic mass is 32.2. The summed E-state index contributed by atoms with van der Waals surface area (Å²) in [7, 11) is -2.74. The molecule has 1 aromatic rings. The van der Waals surface area contributed by atoms with Crippen LogP contribution in [0.15, 0.2) is 29.2 Å². The van der Waals surface area contributed by atoms with Gasteiger partial charge in [-0.3, -0.25) is 9.59 Å². The van der Waals surface area contributed by atoms with Gasteiger partial charge in [0.1, 0.15) is 22.8 Å². The third-order valence-corrected chi connectivity index (χ3v) is 6.97. The molecule has 2 saturated heterocycles. The molecule has 0 aromatic heterocycles. The zero-order valence-electron chi connectivity index (χ0n) is 15.2. The molecule has 2 fully saturated rings. The summed E-state index contributed by atoms with van der Waals surface area (Å²) in [6.07, 6.45) is 0. The lowest BCUT2D eigenvalue weighted by Gasteiger charge is -2.47. The molecule has 0 spiro atoms. The number of carbonyl (C=O) groups is 2. The number of rotatable bonds is 5. The fourth-order valence-electron chi connectivity index (χ4n) is 3.48. The molecule has 0 unspecified atom stereocenters. The van der Waals surface area contributed by atoms with Crippen LogP contribution >= 0.6 is 0 Å². The molecule has 148 valence electrons. The van der Waals surface area contributed by atoms with E-state index in [0.29, 0.717) is 26.2 Å². The van der Waals surface area contributed by atoms with Crippen LogP contribution in [0.1, 0.15) is 6.92 Å². The van der Waals surface area contributed by atoms with Crippen LogP contribution in [0, 0.1) is 5.82 Å². The number of hydrogen-bond donors (Lipinski definition) is 0. The summed E-state index contributed by atoms with van der Waals surface area (Å²) in [6.45, 7) is 2.67. The maximum absolute atomic E-state index is 14.1. The van der Waals surface area contributed by atoms with Crippen molar-refractivity contribution in [3.05, 3.63) is 30.1 Å². The van der Waals surface area contributed by atoms with Crippen molar-refractivity contribution in [1.29, 1.82) is 0 Å². The lowest BCUT2D eigenvalue weighted by molar-refractivity contribution is -0.158. The van der Waals surface area contributed by atoms with Crippen molar-refractivity contribution in [2.75, 3.05) is 39.9 Å². The van der Waals surface area contributed by atoms with Gasteiger partial charge >= 0.3 is 0 Å². The standard InChI is InChI=1S/C17H22FN3O5S/c1-12-16(22)20-8-7-19(9-10-26-2)17(23)14(20)11-21(12)27(24,25)15-6-4-3-5-13(15)18/h3-6,12,14H,7-11H2,1-2H3/t12-,14-/m0/s1. The van der Waals surface area contributed by atoms with E-state index in [1.807, 2.05) is 0 Å². The Bertz CT molecular complexity index is 847. The lowest BCUT2D eigenvalue weighted by atomic mass is 10.0. The van der Waals surface area contributed by atoms with Gasteiger partial charge in [-0.15, -0.1) is 0 Å². The smallest absolute Gasteiger partial charge is 0.246 e. The number of amides is 2. The topological polar surface area (TPSA) is 87.2 Å². The van der Waals surface area contributed by atoms with Crippen LogP contribution in [0.25, 0.3) is 0 Å². The zero-order chi connectivity index (χ0) is 19.8. The number of hydrogen-bond acceptors (Lipinski definition) is 5. The highest BCUT2D eigenvalue weighted by Gasteiger charge is 2.49. The van der Waals surface area contributed by atoms with Gasteiger partial charge in [0, 0.05) is 33.3 Å². The average Bonchev–Trinajstić information content (AvgIpc) is 2.64. The second kappa shape index (κ2) is 7.53. The summed E-state index contributed by atoms with van der Waals surface area (Å²) in [5.74, 6) is -1.67. The summed E-state index contributed by atoms with van der Waals surface area (Å²) in [5, 5.41) is 0. The quantitative estimate of drug-likeness (QED) is 0.690. The minimum atomic E-state index is -4.27. The maximum Gasteiger partial charge on any atom is 0.246 e. The zero-order valence-corrected chi connectivity index (χ0v) is 16.0. The molecule has 27 heavy (non-hydrogen) atoms. The summed E-state index contributed by atoms with van der Waals surface area (Å²) >= 11 is 0. The van der Waals surface area contributed by atoms with E-state index < -0.39 is 38.7 Å². The van der Waals surface area contributed by atoms with Gasteiger partial charge in [0.05, 0.1) is 6.61 Å². The van der Waals surface area contributed by atoms with Crippen molar-refractivity contribution in [2.45, 2.75) is 23.9 Å². The van der Waals surface area contributed by atoms with Crippen LogP contribution in [0.5, 0.6) is 0 Å². The van der Waals surface area contributed by atoms with Gasteiger partial charge in [0.25, 0.3) is 0 Å². The van der Waals surface area contributed by atoms with Crippen molar-refractivity contribution in [3.8, 4) is 0 Å². The maximum atomic E-state index is 14.1. The van der Waals surface area contributed by atoms with Crippen molar-refractivity contribution in [1.82, 2.24) is 14.1 Å². The van der Waals surface area contributed by atoms with Crippen LogP contribution < -0.4 is 0 Å². The Hall–Kier alpha value is -2.04. The summed E-state index contributed by atoms with van der Waals surface area (Å²) in [5.41, 5.74) is 0. The van der Waals surface area contributed by atoms with Crippen LogP contribution in [0.4, 0.5) is 4.39 Å². The minimum absolute atomic E-state index is 0.202. The molecule has 1 aromatic carbocycles. The largest absolute Gasteiger partial charge is 0.383 e. The molecular weight excluding hydrogens is 377 g/mol. The Morgan fingerprint density at radius 3 is 2.56 bits per heavy atom. The normalized spacial score (nSPS) is 24.3. The summed E-state index contributed by atoms with van der Waals surface area (Å²) in [6, 6.07) is 3.08. The summed E-state index contributed by atoms with van der Waals surface area (Å²) in [4.78, 5) is 28.0. The average molecular weight is 399 g/mol. The van der Waals surface area contributed by atoms with Gasteiger partial charge in [0.15, 0.2) is 0 Å². The highest BCUT2D eigenvalue weighted by Crippen LogP contribution is 2.28. The molecule has 0 aliphatic carbocycles. The number of benzene rings is 1. The number of ether oxygens (including phenoxy) is 1. The number of sulfonamides is 1. The fourth-order valence-corrected chi connectivity index (χ4v) is 5.14. The molecule has 2 atom stereocenters. The van der Waals surface area contributed by atoms with Crippen LogP contribution in [-0.2, 0) is 24.3 Å². The first kappa shape index (κ1) is 19.7. The van der Waals surface area contributed by atoms with E-state index in [1.54, 1.807) is 4.90 Å². The Morgan fingerprint density at radius 1 is 1.19 bits per heavy atom. The van der Waals surface area contributed by atoms with Crippen molar-refractivity contribution in [3.63, 3.8) is 0 Å². The van der Waals surface area contributed by atoms with Gasteiger partial charge in [-0.25, -0.2) is 12.8 Å². The van der Waals surface area contributed by atoms with Gasteiger partial charge in [0.2, 0.25) is 21.8 Å². The molecule has 0 saturated carbocycles. The van der Waals surface area contributed by atoms with Crippen LogP contribution in [0.3, 0.4) is 0 Å². The predicted octanol–water partition coefficient (Wildman–Crippen LogP) is -0.0957. The molecule has 2 aliphatic heterocycles. The molecule has 0 N–H and O–H groups in total. The van der Waals surface area contributed by atoms with Gasteiger partial charge < -0.3 is 14.5 Å². The summed E-state index contributed by atoms with van der Waals surface area (Å²) < 4.78 is 45.9. The third kappa shape index (κ3) is 3.44. The highest BCUT2D eigenvalue weighted by molar-refractivity contribution is 7.89. The fraction of sp³-hybridized carbons (Fsp3) is 0.529. The second-order valence-corrected chi connectivity index (χ2v) is 8.41. The van der Waals surface area contributed by atoms with E-state index in [1.165, 1.54) is 31.1 Å². The van der Waals surface area contributed by atoms with Gasteiger partial charge in [-0.2, -0.15) is 4.31 Å². The van der Waals surface area contributed by atoms with Gasteiger partial charge in [-0.05, 0) is 19.1 Å². The van der Waals surface area contributed by atoms with Crippen LogP contribution in [-0.4, -0.2) is 86.3 Å². The van der Waals surface area contributed by atoms with E-state index in [-0.39, 0.29) is 12.5 Å². The van der Waals surface area contributed by atoms with E-state index in [0.717, 1.165) is 16.4 Å². The Morgan fingerprint density at radius 2 is 1.89 bits per heavy atom. The number of piperazine rings is 2. The van der Waals surface area contributed by atoms with Crippen molar-refractivity contribution in [2.24, 2.45) is 0 Å². The molecular formula is C17H22FN3O5S. The first-order valence-corrected chi connectivity index (χ1v) is 10.1. The van der Waals surface area contributed by atoms with E-state index in [2.05, 4.69) is 0 Å². The van der Waals surface area contributed by atoms with E-state index in [4.69, 9.17) is 4.74 Å². The SMILES string of the molecule is COCCN1CCN2C(=O)[C@H](C)N(S(=O)(=O)c3ccccc3F)C[C@H]2C1=O. The number of fused-ring (bicyclic) bond motifs is 1. The van der Waals surface area contributed by atoms with Crippen molar-refractivity contribution >= 4 is 21.8 Å².